The highest BCUT2D eigenvalue weighted by Gasteiger charge is 2.12. The Balaban J connectivity index is 1.65. The van der Waals surface area contributed by atoms with Crippen LogP contribution in [-0.2, 0) is 4.79 Å². The summed E-state index contributed by atoms with van der Waals surface area (Å²) in [6.07, 6.45) is 2.03. The first-order valence-corrected chi connectivity index (χ1v) is 10.9. The lowest BCUT2D eigenvalue weighted by Crippen LogP contribution is -2.27. The van der Waals surface area contributed by atoms with Gasteiger partial charge in [0.2, 0.25) is 0 Å². The molecular formula is C21H21N3O3S2. The van der Waals surface area contributed by atoms with Crippen molar-refractivity contribution in [1.82, 2.24) is 9.88 Å². The second-order valence-electron chi connectivity index (χ2n) is 6.33. The molecule has 0 radical (unpaired) electrons. The van der Waals surface area contributed by atoms with E-state index in [1.54, 1.807) is 50.1 Å². The van der Waals surface area contributed by atoms with Gasteiger partial charge in [-0.1, -0.05) is 18.2 Å². The Morgan fingerprint density at radius 1 is 1.17 bits per heavy atom. The van der Waals surface area contributed by atoms with Crippen molar-refractivity contribution in [3.8, 4) is 17.0 Å². The van der Waals surface area contributed by atoms with Gasteiger partial charge >= 0.3 is 0 Å². The number of amides is 2. The molecule has 0 spiro atoms. The number of hydrogen-bond acceptors (Lipinski definition) is 6. The predicted octanol–water partition coefficient (Wildman–Crippen LogP) is 4.25. The van der Waals surface area contributed by atoms with Gasteiger partial charge in [0.15, 0.2) is 11.7 Å². The summed E-state index contributed by atoms with van der Waals surface area (Å²) in [4.78, 5) is 31.3. The van der Waals surface area contributed by atoms with Crippen LogP contribution < -0.4 is 10.1 Å². The van der Waals surface area contributed by atoms with Gasteiger partial charge < -0.3 is 9.64 Å². The summed E-state index contributed by atoms with van der Waals surface area (Å²) in [7, 11) is 3.32. The Morgan fingerprint density at radius 3 is 2.62 bits per heavy atom. The molecule has 0 aliphatic rings. The first-order chi connectivity index (χ1) is 14.0. The van der Waals surface area contributed by atoms with Gasteiger partial charge in [-0.15, -0.1) is 23.1 Å². The molecule has 3 rings (SSSR count). The molecule has 0 atom stereocenters. The zero-order valence-corrected chi connectivity index (χ0v) is 18.0. The molecule has 0 saturated carbocycles. The van der Waals surface area contributed by atoms with E-state index in [0.717, 1.165) is 11.3 Å². The van der Waals surface area contributed by atoms with Crippen molar-refractivity contribution in [1.29, 1.82) is 0 Å². The monoisotopic (exact) mass is 427 g/mol. The standard InChI is InChI=1S/C21H21N3O3S2/c1-24(2)19(25)12-27-16-6-4-5-15(11-16)20(26)23-21-22-18(13-29-21)14-7-9-17(28-3)10-8-14/h4-11,13H,12H2,1-3H3,(H,22,23,26). The highest BCUT2D eigenvalue weighted by molar-refractivity contribution is 7.98. The Hall–Kier alpha value is -2.84. The second kappa shape index (κ2) is 9.58. The van der Waals surface area contributed by atoms with Crippen LogP contribution in [-0.4, -0.2) is 48.7 Å². The molecule has 3 aromatic rings. The van der Waals surface area contributed by atoms with Gasteiger partial charge in [-0.3, -0.25) is 14.9 Å². The van der Waals surface area contributed by atoms with Crippen molar-refractivity contribution in [2.75, 3.05) is 32.3 Å². The first kappa shape index (κ1) is 20.9. The fraction of sp³-hybridized carbons (Fsp3) is 0.190. The number of thiazole rings is 1. The van der Waals surface area contributed by atoms with Gasteiger partial charge in [-0.2, -0.15) is 0 Å². The molecule has 0 unspecified atom stereocenters. The molecule has 29 heavy (non-hydrogen) atoms. The van der Waals surface area contributed by atoms with E-state index in [1.807, 2.05) is 35.9 Å². The minimum Gasteiger partial charge on any atom is -0.484 e. The summed E-state index contributed by atoms with van der Waals surface area (Å²) >= 11 is 3.05. The molecule has 1 N–H and O–H groups in total. The molecule has 0 aliphatic heterocycles. The molecule has 0 saturated heterocycles. The molecular weight excluding hydrogens is 406 g/mol. The van der Waals surface area contributed by atoms with Gasteiger partial charge in [-0.05, 0) is 36.6 Å². The Kier molecular flexibility index (Phi) is 6.90. The maximum atomic E-state index is 12.6. The minimum absolute atomic E-state index is 0.0801. The number of nitrogens with one attached hydrogen (secondary N) is 1. The van der Waals surface area contributed by atoms with Crippen molar-refractivity contribution in [3.63, 3.8) is 0 Å². The summed E-state index contributed by atoms with van der Waals surface area (Å²) in [6, 6.07) is 14.8. The minimum atomic E-state index is -0.284. The number of thioether (sulfide) groups is 1. The fourth-order valence-corrected chi connectivity index (χ4v) is 3.52. The number of hydrogen-bond donors (Lipinski definition) is 1. The van der Waals surface area contributed by atoms with Crippen LogP contribution >= 0.6 is 23.1 Å². The summed E-state index contributed by atoms with van der Waals surface area (Å²) in [5.41, 5.74) is 2.25. The van der Waals surface area contributed by atoms with Gasteiger partial charge in [0, 0.05) is 35.5 Å². The van der Waals surface area contributed by atoms with Crippen LogP contribution in [0.4, 0.5) is 5.13 Å². The number of rotatable bonds is 7. The largest absolute Gasteiger partial charge is 0.484 e. The van der Waals surface area contributed by atoms with E-state index in [-0.39, 0.29) is 18.4 Å². The number of nitrogens with zero attached hydrogens (tertiary/aromatic N) is 2. The van der Waals surface area contributed by atoms with Gasteiger partial charge in [0.25, 0.3) is 11.8 Å². The Bertz CT molecular complexity index is 1000. The quantitative estimate of drug-likeness (QED) is 0.571. The zero-order chi connectivity index (χ0) is 20.8. The topological polar surface area (TPSA) is 71.5 Å². The summed E-state index contributed by atoms with van der Waals surface area (Å²) in [5.74, 6) is 0.0234. The van der Waals surface area contributed by atoms with Crippen LogP contribution in [0.25, 0.3) is 11.3 Å². The van der Waals surface area contributed by atoms with Crippen LogP contribution in [0.2, 0.25) is 0 Å². The number of aromatic nitrogens is 1. The first-order valence-electron chi connectivity index (χ1n) is 8.80. The Morgan fingerprint density at radius 2 is 1.93 bits per heavy atom. The van der Waals surface area contributed by atoms with E-state index >= 15 is 0 Å². The maximum absolute atomic E-state index is 12.6. The SMILES string of the molecule is CSc1ccc(-c2csc(NC(=O)c3cccc(OCC(=O)N(C)C)c3)n2)cc1. The van der Waals surface area contributed by atoms with Crippen molar-refractivity contribution in [2.45, 2.75) is 4.90 Å². The summed E-state index contributed by atoms with van der Waals surface area (Å²) < 4.78 is 5.46. The van der Waals surface area contributed by atoms with E-state index in [1.165, 1.54) is 21.1 Å². The molecule has 1 aromatic heterocycles. The van der Waals surface area contributed by atoms with Crippen LogP contribution in [0.5, 0.6) is 5.75 Å². The average Bonchev–Trinajstić information content (AvgIpc) is 3.20. The van der Waals surface area contributed by atoms with E-state index < -0.39 is 0 Å². The van der Waals surface area contributed by atoms with Crippen molar-refractivity contribution in [2.24, 2.45) is 0 Å². The average molecular weight is 428 g/mol. The third kappa shape index (κ3) is 5.58. The third-order valence-corrected chi connectivity index (χ3v) is 5.57. The molecule has 8 heteroatoms. The number of carbonyl (C=O) groups excluding carboxylic acids is 2. The van der Waals surface area contributed by atoms with Gasteiger partial charge in [0.05, 0.1) is 5.69 Å². The van der Waals surface area contributed by atoms with Crippen molar-refractivity contribution in [3.05, 3.63) is 59.5 Å². The third-order valence-electron chi connectivity index (χ3n) is 4.07. The number of ether oxygens (including phenoxy) is 1. The van der Waals surface area contributed by atoms with Gasteiger partial charge in [0.1, 0.15) is 5.75 Å². The van der Waals surface area contributed by atoms with Crippen LogP contribution in [0.1, 0.15) is 10.4 Å². The summed E-state index contributed by atoms with van der Waals surface area (Å²) in [6.45, 7) is -0.0801. The molecule has 0 aliphatic carbocycles. The van der Waals surface area contributed by atoms with Crippen LogP contribution in [0.3, 0.4) is 0 Å². The number of benzene rings is 2. The van der Waals surface area contributed by atoms with Crippen molar-refractivity contribution < 1.29 is 14.3 Å². The molecule has 1 heterocycles. The lowest BCUT2D eigenvalue weighted by atomic mass is 10.2. The van der Waals surface area contributed by atoms with E-state index in [0.29, 0.717) is 16.4 Å². The predicted molar refractivity (Wildman–Crippen MR) is 118 cm³/mol. The number of anilines is 1. The molecule has 0 fully saturated rings. The van der Waals surface area contributed by atoms with Gasteiger partial charge in [-0.25, -0.2) is 4.98 Å². The molecule has 0 bridgehead atoms. The number of likely N-dealkylation sites (N-methyl/N-ethyl adjacent to an activating group) is 1. The summed E-state index contributed by atoms with van der Waals surface area (Å²) in [5, 5.41) is 5.25. The molecule has 2 amide bonds. The maximum Gasteiger partial charge on any atom is 0.259 e. The van der Waals surface area contributed by atoms with E-state index in [2.05, 4.69) is 10.3 Å². The van der Waals surface area contributed by atoms with E-state index in [9.17, 15) is 9.59 Å². The smallest absolute Gasteiger partial charge is 0.259 e. The normalized spacial score (nSPS) is 10.4. The van der Waals surface area contributed by atoms with Crippen LogP contribution in [0.15, 0.2) is 58.8 Å². The number of carbonyl (C=O) groups is 2. The highest BCUT2D eigenvalue weighted by Crippen LogP contribution is 2.27. The molecule has 6 nitrogen and oxygen atoms in total. The Labute approximate surface area is 177 Å². The highest BCUT2D eigenvalue weighted by atomic mass is 32.2. The fourth-order valence-electron chi connectivity index (χ4n) is 2.40. The van der Waals surface area contributed by atoms with E-state index in [4.69, 9.17) is 4.74 Å². The van der Waals surface area contributed by atoms with Crippen molar-refractivity contribution >= 4 is 40.0 Å². The zero-order valence-electron chi connectivity index (χ0n) is 16.3. The lowest BCUT2D eigenvalue weighted by molar-refractivity contribution is -0.130. The lowest BCUT2D eigenvalue weighted by Gasteiger charge is -2.11. The van der Waals surface area contributed by atoms with Crippen LogP contribution in [0, 0.1) is 0 Å². The molecule has 2 aromatic carbocycles. The second-order valence-corrected chi connectivity index (χ2v) is 8.06. The molecule has 150 valence electrons.